The van der Waals surface area contributed by atoms with Gasteiger partial charge in [0.05, 0.1) is 5.75 Å². The van der Waals surface area contributed by atoms with Gasteiger partial charge >= 0.3 is 0 Å². The van der Waals surface area contributed by atoms with Crippen molar-refractivity contribution in [3.05, 3.63) is 46.4 Å². The van der Waals surface area contributed by atoms with Crippen molar-refractivity contribution in [1.82, 2.24) is 15.2 Å². The van der Waals surface area contributed by atoms with E-state index >= 15 is 0 Å². The molecule has 3 N–H and O–H groups in total. The van der Waals surface area contributed by atoms with Crippen molar-refractivity contribution in [2.24, 2.45) is 5.73 Å². The van der Waals surface area contributed by atoms with Gasteiger partial charge in [0.15, 0.2) is 11.6 Å². The molecule has 25 heavy (non-hydrogen) atoms. The lowest BCUT2D eigenvalue weighted by molar-refractivity contribution is -0.112. The summed E-state index contributed by atoms with van der Waals surface area (Å²) in [4.78, 5) is 16.2. The number of nitrogens with two attached hydrogens (primary N) is 1. The summed E-state index contributed by atoms with van der Waals surface area (Å²) < 4.78 is 5.75. The molecule has 2 aromatic rings. The number of nitriles is 1. The van der Waals surface area contributed by atoms with Gasteiger partial charge < -0.3 is 10.5 Å². The highest BCUT2D eigenvalue weighted by atomic mass is 32.2. The lowest BCUT2D eigenvalue weighted by Crippen LogP contribution is -2.10. The monoisotopic (exact) mass is 357 g/mol. The van der Waals surface area contributed by atoms with Crippen LogP contribution in [-0.2, 0) is 11.4 Å². The highest BCUT2D eigenvalue weighted by Gasteiger charge is 2.14. The van der Waals surface area contributed by atoms with Gasteiger partial charge in [-0.1, -0.05) is 23.9 Å². The quantitative estimate of drug-likeness (QED) is 0.444. The van der Waals surface area contributed by atoms with Crippen molar-refractivity contribution in [2.45, 2.75) is 32.5 Å². The molecule has 1 heterocycles. The number of carbonyl (C=O) groups excluding carboxylic acids is 1. The number of H-pyrrole nitrogens is 1. The Bertz CT molecular complexity index is 847. The van der Waals surface area contributed by atoms with E-state index in [0.717, 1.165) is 28.6 Å². The Hall–Kier alpha value is -2.79. The van der Waals surface area contributed by atoms with Gasteiger partial charge in [-0.05, 0) is 38.0 Å². The Morgan fingerprint density at radius 3 is 2.88 bits per heavy atom. The molecule has 130 valence electrons. The molecular weight excluding hydrogens is 338 g/mol. The summed E-state index contributed by atoms with van der Waals surface area (Å²) in [6.45, 7) is 5.75. The van der Waals surface area contributed by atoms with Gasteiger partial charge in [0.2, 0.25) is 5.16 Å². The summed E-state index contributed by atoms with van der Waals surface area (Å²) >= 11 is 1.14. The number of nitrogens with one attached hydrogen (secondary N) is 1. The molecule has 8 heteroatoms. The normalized spacial score (nSPS) is 11.6. The standard InChI is InChI=1S/C17H19N5O2S/c1-10-4-5-11(2)15(6-10)24-8-16-20-17(22-21-16)25-9-14(23)13(7-18)12(3)19/h4-6H,8-9,19H2,1-3H3,(H,20,21,22). The van der Waals surface area contributed by atoms with E-state index in [1.165, 1.54) is 6.92 Å². The number of carbonyl (C=O) groups is 1. The molecular formula is C17H19N5O2S. The number of aromatic amines is 1. The number of Topliss-reactive ketones (excluding diaryl/α,β-unsaturated/α-hetero) is 1. The lowest BCUT2D eigenvalue weighted by atomic mass is 10.1. The molecule has 0 saturated heterocycles. The van der Waals surface area contributed by atoms with Gasteiger partial charge in [0.25, 0.3) is 0 Å². The minimum atomic E-state index is -0.342. The fourth-order valence-electron chi connectivity index (χ4n) is 1.99. The molecule has 0 aliphatic rings. The minimum absolute atomic E-state index is 0.0264. The average Bonchev–Trinajstić information content (AvgIpc) is 3.02. The maximum Gasteiger partial charge on any atom is 0.208 e. The molecule has 0 spiro atoms. The van der Waals surface area contributed by atoms with E-state index in [2.05, 4.69) is 15.2 Å². The van der Waals surface area contributed by atoms with Crippen LogP contribution in [0.5, 0.6) is 5.75 Å². The van der Waals surface area contributed by atoms with Gasteiger partial charge in [-0.25, -0.2) is 4.98 Å². The maximum atomic E-state index is 11.9. The van der Waals surface area contributed by atoms with Crippen LogP contribution in [0.1, 0.15) is 23.9 Å². The predicted molar refractivity (Wildman–Crippen MR) is 94.9 cm³/mol. The number of ketones is 1. The van der Waals surface area contributed by atoms with Crippen molar-refractivity contribution in [3.63, 3.8) is 0 Å². The third-order valence-electron chi connectivity index (χ3n) is 3.34. The zero-order chi connectivity index (χ0) is 18.4. The SMILES string of the molecule is CC(N)=C(C#N)C(=O)CSc1n[nH]c(COc2cc(C)ccc2C)n1. The Morgan fingerprint density at radius 2 is 2.20 bits per heavy atom. The molecule has 0 atom stereocenters. The molecule has 1 aromatic carbocycles. The largest absolute Gasteiger partial charge is 0.485 e. The molecule has 0 bridgehead atoms. The highest BCUT2D eigenvalue weighted by molar-refractivity contribution is 7.99. The first-order valence-corrected chi connectivity index (χ1v) is 8.53. The van der Waals surface area contributed by atoms with Crippen LogP contribution >= 0.6 is 11.8 Å². The van der Waals surface area contributed by atoms with E-state index in [1.807, 2.05) is 38.1 Å². The summed E-state index contributed by atoms with van der Waals surface area (Å²) in [7, 11) is 0. The van der Waals surface area contributed by atoms with E-state index in [4.69, 9.17) is 15.7 Å². The minimum Gasteiger partial charge on any atom is -0.485 e. The Labute approximate surface area is 150 Å². The zero-order valence-corrected chi connectivity index (χ0v) is 15.1. The molecule has 0 unspecified atom stereocenters. The van der Waals surface area contributed by atoms with E-state index in [1.54, 1.807) is 0 Å². The summed E-state index contributed by atoms with van der Waals surface area (Å²) in [5.74, 6) is 1.06. The number of benzene rings is 1. The number of nitrogens with zero attached hydrogens (tertiary/aromatic N) is 3. The highest BCUT2D eigenvalue weighted by Crippen LogP contribution is 2.20. The van der Waals surface area contributed by atoms with Crippen LogP contribution in [0.3, 0.4) is 0 Å². The molecule has 0 aliphatic heterocycles. The lowest BCUT2D eigenvalue weighted by Gasteiger charge is -2.08. The summed E-state index contributed by atoms with van der Waals surface area (Å²) in [5.41, 5.74) is 7.85. The Kier molecular flexibility index (Phi) is 6.19. The van der Waals surface area contributed by atoms with Crippen molar-refractivity contribution in [2.75, 3.05) is 5.75 Å². The summed E-state index contributed by atoms with van der Waals surface area (Å²) in [6, 6.07) is 7.80. The summed E-state index contributed by atoms with van der Waals surface area (Å²) in [6.07, 6.45) is 0. The van der Waals surface area contributed by atoms with Crippen molar-refractivity contribution < 1.29 is 9.53 Å². The molecule has 0 aliphatic carbocycles. The number of allylic oxidation sites excluding steroid dienone is 2. The van der Waals surface area contributed by atoms with Crippen LogP contribution in [0.4, 0.5) is 0 Å². The van der Waals surface area contributed by atoms with Gasteiger partial charge in [0.1, 0.15) is 24.0 Å². The molecule has 2 rings (SSSR count). The van der Waals surface area contributed by atoms with Crippen LogP contribution in [0, 0.1) is 25.2 Å². The van der Waals surface area contributed by atoms with E-state index in [9.17, 15) is 4.79 Å². The average molecular weight is 357 g/mol. The third-order valence-corrected chi connectivity index (χ3v) is 4.18. The zero-order valence-electron chi connectivity index (χ0n) is 14.3. The number of hydrogen-bond acceptors (Lipinski definition) is 7. The smallest absolute Gasteiger partial charge is 0.208 e. The van der Waals surface area contributed by atoms with E-state index in [-0.39, 0.29) is 29.4 Å². The second-order valence-corrected chi connectivity index (χ2v) is 6.45. The van der Waals surface area contributed by atoms with E-state index < -0.39 is 0 Å². The Balaban J connectivity index is 1.92. The van der Waals surface area contributed by atoms with Crippen LogP contribution in [-0.4, -0.2) is 26.7 Å². The van der Waals surface area contributed by atoms with Gasteiger partial charge in [-0.2, -0.15) is 5.26 Å². The molecule has 7 nitrogen and oxygen atoms in total. The van der Waals surface area contributed by atoms with Crippen LogP contribution in [0.25, 0.3) is 0 Å². The Morgan fingerprint density at radius 1 is 1.44 bits per heavy atom. The number of ether oxygens (including phenoxy) is 1. The maximum absolute atomic E-state index is 11.9. The molecule has 0 radical (unpaired) electrons. The molecule has 0 saturated carbocycles. The number of thioether (sulfide) groups is 1. The van der Waals surface area contributed by atoms with Crippen molar-refractivity contribution in [3.8, 4) is 11.8 Å². The first-order chi connectivity index (χ1) is 11.9. The third kappa shape index (κ3) is 5.09. The number of aromatic nitrogens is 3. The predicted octanol–water partition coefficient (Wildman–Crippen LogP) is 2.42. The first-order valence-electron chi connectivity index (χ1n) is 7.54. The fourth-order valence-corrected chi connectivity index (χ4v) is 2.68. The summed E-state index contributed by atoms with van der Waals surface area (Å²) in [5, 5.41) is 16.1. The topological polar surface area (TPSA) is 118 Å². The fraction of sp³-hybridized carbons (Fsp3) is 0.294. The van der Waals surface area contributed by atoms with Gasteiger partial charge in [0, 0.05) is 5.70 Å². The van der Waals surface area contributed by atoms with Crippen LogP contribution in [0.2, 0.25) is 0 Å². The molecule has 0 fully saturated rings. The van der Waals surface area contributed by atoms with Crippen LogP contribution in [0.15, 0.2) is 34.6 Å². The first kappa shape index (κ1) is 18.5. The number of aryl methyl sites for hydroxylation is 2. The van der Waals surface area contributed by atoms with Crippen molar-refractivity contribution in [1.29, 1.82) is 5.26 Å². The van der Waals surface area contributed by atoms with Crippen LogP contribution < -0.4 is 10.5 Å². The van der Waals surface area contributed by atoms with Gasteiger partial charge in [-0.15, -0.1) is 5.10 Å². The molecule has 0 amide bonds. The second kappa shape index (κ2) is 8.35. The van der Waals surface area contributed by atoms with Crippen molar-refractivity contribution >= 4 is 17.5 Å². The second-order valence-electron chi connectivity index (χ2n) is 5.50. The molecule has 1 aromatic heterocycles. The number of hydrogen-bond donors (Lipinski definition) is 2. The van der Waals surface area contributed by atoms with Gasteiger partial charge in [-0.3, -0.25) is 9.89 Å². The number of rotatable bonds is 7. The van der Waals surface area contributed by atoms with E-state index in [0.29, 0.717) is 11.0 Å².